The van der Waals surface area contributed by atoms with E-state index in [-0.39, 0.29) is 37.9 Å². The molecule has 0 aromatic heterocycles. The molecule has 1 nitrogen and oxygen atoms in total. The van der Waals surface area contributed by atoms with Crippen molar-refractivity contribution in [3.8, 4) is 0 Å². The van der Waals surface area contributed by atoms with Crippen LogP contribution in [0.15, 0.2) is 61.0 Å². The summed E-state index contributed by atoms with van der Waals surface area (Å²) in [5, 5.41) is 0. The van der Waals surface area contributed by atoms with Crippen molar-refractivity contribution in [2.75, 3.05) is 6.54 Å². The van der Waals surface area contributed by atoms with Gasteiger partial charge < -0.3 is 4.90 Å². The highest BCUT2D eigenvalue weighted by atomic mass is 15.2. The third-order valence-corrected chi connectivity index (χ3v) is 18.1. The monoisotopic (exact) mass is 832 g/mol. The molecule has 7 atom stereocenters. The van der Waals surface area contributed by atoms with Crippen LogP contribution in [0, 0.1) is 73.4 Å². The summed E-state index contributed by atoms with van der Waals surface area (Å²) in [5.41, 5.74) is 8.25. The van der Waals surface area contributed by atoms with Crippen molar-refractivity contribution >= 4 is 0 Å². The van der Waals surface area contributed by atoms with Crippen LogP contribution in [0.2, 0.25) is 0 Å². The number of rotatable bonds is 28. The average molecular weight is 833 g/mol. The lowest BCUT2D eigenvalue weighted by Gasteiger charge is -2.55. The molecule has 1 saturated heterocycles. The Balaban J connectivity index is 3.26. The molecule has 1 rings (SSSR count). The van der Waals surface area contributed by atoms with Gasteiger partial charge in [-0.05, 0) is 132 Å². The van der Waals surface area contributed by atoms with E-state index in [0.717, 1.165) is 51.5 Å². The third-order valence-electron chi connectivity index (χ3n) is 18.1. The number of allylic oxidation sites excluding steroid dienone is 5. The van der Waals surface area contributed by atoms with Crippen LogP contribution >= 0.6 is 0 Å². The molecule has 1 heterocycles. The molecular formula is C59H109N. The zero-order valence-corrected chi connectivity index (χ0v) is 45.1. The van der Waals surface area contributed by atoms with Crippen LogP contribution in [0.3, 0.4) is 0 Å². The standard InChI is InChI=1S/C59H109N/c1-27-30-31-42(4)36-46(8)52(39-57(22,23)48(10)43(5)32-35-55(18,19)41-60-47(9)37-45(7)50(60)12)49(11)56(20,21)38-51(28-2)44(6)33-34-54(16,17)40-59(26,29-3)58(24,25)53(13,14)15/h42,45,48-49,51-52H,5-6,8-9,12,27-41H2,1-4,7,10-11,13-26H3. The molecule has 0 saturated carbocycles. The largest absolute Gasteiger partial charge is 0.349 e. The first-order valence-electron chi connectivity index (χ1n) is 25.2. The Morgan fingerprint density at radius 2 is 1.25 bits per heavy atom. The van der Waals surface area contributed by atoms with Gasteiger partial charge in [0.05, 0.1) is 0 Å². The number of hydrogen-bond donors (Lipinski definition) is 0. The number of hydrogen-bond acceptors (Lipinski definition) is 1. The van der Waals surface area contributed by atoms with E-state index in [2.05, 4.69) is 163 Å². The van der Waals surface area contributed by atoms with Gasteiger partial charge in [-0.25, -0.2) is 0 Å². The Bertz CT molecular complexity index is 1420. The minimum atomic E-state index is 0.104. The molecular weight excluding hydrogens is 723 g/mol. The van der Waals surface area contributed by atoms with Crippen molar-refractivity contribution in [1.82, 2.24) is 4.90 Å². The van der Waals surface area contributed by atoms with Crippen molar-refractivity contribution in [1.29, 1.82) is 0 Å². The van der Waals surface area contributed by atoms with Crippen molar-refractivity contribution < 1.29 is 0 Å². The van der Waals surface area contributed by atoms with Crippen molar-refractivity contribution in [3.05, 3.63) is 61.0 Å². The van der Waals surface area contributed by atoms with E-state index in [1.807, 2.05) is 0 Å². The van der Waals surface area contributed by atoms with Gasteiger partial charge in [-0.2, -0.15) is 0 Å². The lowest BCUT2D eigenvalue weighted by molar-refractivity contribution is -0.0522. The molecule has 7 unspecified atom stereocenters. The van der Waals surface area contributed by atoms with Crippen LogP contribution in [0.4, 0.5) is 0 Å². The summed E-state index contributed by atoms with van der Waals surface area (Å²) < 4.78 is 0. The maximum absolute atomic E-state index is 4.96. The van der Waals surface area contributed by atoms with Gasteiger partial charge in [0.15, 0.2) is 0 Å². The molecule has 0 aromatic carbocycles. The second kappa shape index (κ2) is 21.9. The van der Waals surface area contributed by atoms with E-state index < -0.39 is 0 Å². The smallest absolute Gasteiger partial charge is 0.0275 e. The molecule has 0 aliphatic carbocycles. The molecule has 0 amide bonds. The summed E-state index contributed by atoms with van der Waals surface area (Å²) in [7, 11) is 0. The molecule has 0 bridgehead atoms. The fraction of sp³-hybridized carbons (Fsp3) is 0.831. The normalized spacial score (nSPS) is 19.8. The van der Waals surface area contributed by atoms with Crippen molar-refractivity contribution in [3.63, 3.8) is 0 Å². The summed E-state index contributed by atoms with van der Waals surface area (Å²) in [4.78, 5) is 2.40. The predicted octanol–water partition coefficient (Wildman–Crippen LogP) is 19.5. The third kappa shape index (κ3) is 15.3. The Hall–Kier alpha value is -1.50. The van der Waals surface area contributed by atoms with Gasteiger partial charge in [-0.3, -0.25) is 0 Å². The maximum atomic E-state index is 4.96. The highest BCUT2D eigenvalue weighted by Gasteiger charge is 2.49. The Labute approximate surface area is 379 Å². The fourth-order valence-corrected chi connectivity index (χ4v) is 11.2. The van der Waals surface area contributed by atoms with Gasteiger partial charge in [0.2, 0.25) is 0 Å². The van der Waals surface area contributed by atoms with Crippen LogP contribution in [0.5, 0.6) is 0 Å². The summed E-state index contributed by atoms with van der Waals surface area (Å²) in [6.45, 7) is 76.3. The Kier molecular flexibility index (Phi) is 20.7. The minimum Gasteiger partial charge on any atom is -0.349 e. The molecule has 60 heavy (non-hydrogen) atoms. The second-order valence-electron chi connectivity index (χ2n) is 26.1. The van der Waals surface area contributed by atoms with Crippen LogP contribution in [-0.4, -0.2) is 11.4 Å². The SMILES string of the molecule is C=C(CCC(C)(C)CC(C)(CC)C(C)(C)C(C)(C)C)C(CC)CC(C)(C)C(C)C(CC(C)(C)C(C)C(=C)CCC(C)(C)CN1C(=C)CC(C)C1=C)C(=C)CC(C)CCCC. The topological polar surface area (TPSA) is 3.24 Å². The molecule has 1 aliphatic heterocycles. The predicted molar refractivity (Wildman–Crippen MR) is 274 cm³/mol. The first-order valence-corrected chi connectivity index (χ1v) is 25.2. The molecule has 0 N–H and O–H groups in total. The van der Waals surface area contributed by atoms with E-state index in [4.69, 9.17) is 19.7 Å². The van der Waals surface area contributed by atoms with Gasteiger partial charge in [0.25, 0.3) is 0 Å². The summed E-state index contributed by atoms with van der Waals surface area (Å²) in [6.07, 6.45) is 16.5. The number of unbranched alkanes of at least 4 members (excludes halogenated alkanes) is 1. The first-order chi connectivity index (χ1) is 27.0. The number of likely N-dealkylation sites (tertiary alicyclic amines) is 1. The molecule has 0 radical (unpaired) electrons. The van der Waals surface area contributed by atoms with Gasteiger partial charge in [-0.15, -0.1) is 0 Å². The van der Waals surface area contributed by atoms with Crippen LogP contribution in [0.1, 0.15) is 235 Å². The summed E-state index contributed by atoms with van der Waals surface area (Å²) in [6, 6.07) is 0. The van der Waals surface area contributed by atoms with Gasteiger partial charge in [-0.1, -0.05) is 221 Å². The van der Waals surface area contributed by atoms with Crippen LogP contribution in [0.25, 0.3) is 0 Å². The molecule has 0 spiro atoms. The Morgan fingerprint density at radius 3 is 1.72 bits per heavy atom. The summed E-state index contributed by atoms with van der Waals surface area (Å²) in [5.74, 6) is 3.10. The van der Waals surface area contributed by atoms with Gasteiger partial charge in [0, 0.05) is 23.9 Å². The summed E-state index contributed by atoms with van der Waals surface area (Å²) >= 11 is 0. The lowest BCUT2D eigenvalue weighted by atomic mass is 9.50. The van der Waals surface area contributed by atoms with E-state index in [9.17, 15) is 0 Å². The molecule has 1 aliphatic rings. The van der Waals surface area contributed by atoms with Crippen molar-refractivity contribution in [2.45, 2.75) is 235 Å². The van der Waals surface area contributed by atoms with E-state index in [1.54, 1.807) is 0 Å². The molecule has 1 heteroatoms. The zero-order valence-electron chi connectivity index (χ0n) is 45.1. The minimum absolute atomic E-state index is 0.104. The van der Waals surface area contributed by atoms with Crippen LogP contribution < -0.4 is 0 Å². The first kappa shape index (κ1) is 56.5. The quantitative estimate of drug-likeness (QED) is 0.0710. The zero-order chi connectivity index (χ0) is 47.0. The fourth-order valence-electron chi connectivity index (χ4n) is 11.2. The van der Waals surface area contributed by atoms with E-state index in [1.165, 1.54) is 73.1 Å². The maximum Gasteiger partial charge on any atom is 0.0275 e. The highest BCUT2D eigenvalue weighted by Crippen LogP contribution is 2.58. The van der Waals surface area contributed by atoms with E-state index >= 15 is 0 Å². The molecule has 0 aromatic rings. The lowest BCUT2D eigenvalue weighted by Crippen LogP contribution is -2.46. The van der Waals surface area contributed by atoms with E-state index in [0.29, 0.717) is 35.5 Å². The van der Waals surface area contributed by atoms with Gasteiger partial charge in [0.1, 0.15) is 0 Å². The van der Waals surface area contributed by atoms with Crippen molar-refractivity contribution in [2.24, 2.45) is 73.4 Å². The van der Waals surface area contributed by atoms with Crippen LogP contribution in [-0.2, 0) is 0 Å². The highest BCUT2D eigenvalue weighted by molar-refractivity contribution is 5.20. The molecule has 350 valence electrons. The Morgan fingerprint density at radius 1 is 0.717 bits per heavy atom. The average Bonchev–Trinajstić information content (AvgIpc) is 3.36. The van der Waals surface area contributed by atoms with Gasteiger partial charge >= 0.3 is 0 Å². The second-order valence-corrected chi connectivity index (χ2v) is 26.1. The number of nitrogens with zero attached hydrogens (tertiary/aromatic N) is 1. The molecule has 1 fully saturated rings.